The minimum absolute atomic E-state index is 0.547. The lowest BCUT2D eigenvalue weighted by atomic mass is 10.2. The number of hydrogen-bond donors (Lipinski definition) is 2. The van der Waals surface area contributed by atoms with Crippen LogP contribution in [0.4, 0.5) is 5.69 Å². The topological polar surface area (TPSA) is 73.3 Å². The Balaban J connectivity index is 1.67. The van der Waals surface area contributed by atoms with Gasteiger partial charge in [-0.2, -0.15) is 0 Å². The highest BCUT2D eigenvalue weighted by atomic mass is 16.5. The van der Waals surface area contributed by atoms with Gasteiger partial charge in [-0.15, -0.1) is 0 Å². The van der Waals surface area contributed by atoms with E-state index in [-0.39, 0.29) is 0 Å². The molecular weight excluding hydrogens is 370 g/mol. The van der Waals surface area contributed by atoms with E-state index in [9.17, 15) is 0 Å². The molecule has 7 heteroatoms. The van der Waals surface area contributed by atoms with Crippen LogP contribution in [-0.4, -0.2) is 40.9 Å². The molecule has 29 heavy (non-hydrogen) atoms. The van der Waals surface area contributed by atoms with Gasteiger partial charge in [0.05, 0.1) is 27.9 Å². The third-order valence-electron chi connectivity index (χ3n) is 4.74. The van der Waals surface area contributed by atoms with Crippen molar-refractivity contribution in [3.05, 3.63) is 42.0 Å². The molecule has 0 atom stereocenters. The normalized spacial score (nSPS) is 13.6. The van der Waals surface area contributed by atoms with E-state index in [0.717, 1.165) is 23.6 Å². The summed E-state index contributed by atoms with van der Waals surface area (Å²) in [4.78, 5) is 4.31. The van der Waals surface area contributed by atoms with Gasteiger partial charge in [0.1, 0.15) is 5.75 Å². The third-order valence-corrected chi connectivity index (χ3v) is 4.74. The zero-order chi connectivity index (χ0) is 20.6. The summed E-state index contributed by atoms with van der Waals surface area (Å²) in [5.41, 5.74) is 1.85. The number of nitrogens with one attached hydrogen (secondary N) is 2. The number of hydrogen-bond acceptors (Lipinski definition) is 5. The minimum Gasteiger partial charge on any atom is -0.493 e. The fraction of sp³-hybridized carbons (Fsp3) is 0.409. The van der Waals surface area contributed by atoms with E-state index in [1.165, 1.54) is 12.8 Å². The molecule has 1 aliphatic rings. The van der Waals surface area contributed by atoms with Crippen LogP contribution in [0.2, 0.25) is 0 Å². The molecular formula is C22H29N3O4. The SMILES string of the molecule is CN=C(NCc1ccccc1OCC1CC1)Nc1cc(OC)c(OC)c(OC)c1. The van der Waals surface area contributed by atoms with Gasteiger partial charge in [0.2, 0.25) is 5.75 Å². The van der Waals surface area contributed by atoms with Crippen LogP contribution in [0.25, 0.3) is 0 Å². The predicted molar refractivity (Wildman–Crippen MR) is 115 cm³/mol. The molecule has 0 heterocycles. The third kappa shape index (κ3) is 5.47. The van der Waals surface area contributed by atoms with E-state index in [4.69, 9.17) is 18.9 Å². The monoisotopic (exact) mass is 399 g/mol. The molecule has 0 saturated heterocycles. The lowest BCUT2D eigenvalue weighted by Crippen LogP contribution is -2.30. The first-order chi connectivity index (χ1) is 14.2. The number of methoxy groups -OCH3 is 3. The minimum atomic E-state index is 0.547. The van der Waals surface area contributed by atoms with Gasteiger partial charge in [0.15, 0.2) is 17.5 Å². The van der Waals surface area contributed by atoms with Crippen LogP contribution in [0.3, 0.4) is 0 Å². The van der Waals surface area contributed by atoms with Gasteiger partial charge < -0.3 is 29.6 Å². The van der Waals surface area contributed by atoms with Crippen molar-refractivity contribution in [1.82, 2.24) is 5.32 Å². The van der Waals surface area contributed by atoms with Gasteiger partial charge in [-0.3, -0.25) is 4.99 Å². The van der Waals surface area contributed by atoms with Gasteiger partial charge in [-0.25, -0.2) is 0 Å². The van der Waals surface area contributed by atoms with Crippen molar-refractivity contribution in [3.8, 4) is 23.0 Å². The van der Waals surface area contributed by atoms with Crippen LogP contribution >= 0.6 is 0 Å². The maximum Gasteiger partial charge on any atom is 0.203 e. The molecule has 156 valence electrons. The number of para-hydroxylation sites is 1. The molecule has 3 rings (SSSR count). The van der Waals surface area contributed by atoms with Crippen molar-refractivity contribution in [1.29, 1.82) is 0 Å². The van der Waals surface area contributed by atoms with Crippen LogP contribution in [0.5, 0.6) is 23.0 Å². The molecule has 0 bridgehead atoms. The fourth-order valence-electron chi connectivity index (χ4n) is 2.93. The molecule has 7 nitrogen and oxygen atoms in total. The Morgan fingerprint density at radius 1 is 1.00 bits per heavy atom. The average molecular weight is 399 g/mol. The highest BCUT2D eigenvalue weighted by molar-refractivity contribution is 5.94. The summed E-state index contributed by atoms with van der Waals surface area (Å²) in [5.74, 6) is 3.94. The Morgan fingerprint density at radius 2 is 1.69 bits per heavy atom. The van der Waals surface area contributed by atoms with Gasteiger partial charge in [-0.1, -0.05) is 18.2 Å². The lowest BCUT2D eigenvalue weighted by Gasteiger charge is -2.17. The molecule has 0 aliphatic heterocycles. The number of benzene rings is 2. The van der Waals surface area contributed by atoms with Crippen molar-refractivity contribution < 1.29 is 18.9 Å². The van der Waals surface area contributed by atoms with E-state index in [2.05, 4.69) is 21.7 Å². The van der Waals surface area contributed by atoms with E-state index < -0.39 is 0 Å². The standard InChI is InChI=1S/C22H29N3O4/c1-23-22(25-17-11-19(26-2)21(28-4)20(12-17)27-3)24-13-16-7-5-6-8-18(16)29-14-15-9-10-15/h5-8,11-12,15H,9-10,13-14H2,1-4H3,(H2,23,24,25). The summed E-state index contributed by atoms with van der Waals surface area (Å²) >= 11 is 0. The first-order valence-electron chi connectivity index (χ1n) is 9.66. The predicted octanol–water partition coefficient (Wildman–Crippen LogP) is 3.69. The number of rotatable bonds is 9. The van der Waals surface area contributed by atoms with Gasteiger partial charge in [0, 0.05) is 37.0 Å². The molecule has 0 spiro atoms. The smallest absolute Gasteiger partial charge is 0.203 e. The quantitative estimate of drug-likeness (QED) is 0.495. The van der Waals surface area contributed by atoms with Crippen molar-refractivity contribution in [2.45, 2.75) is 19.4 Å². The zero-order valence-electron chi connectivity index (χ0n) is 17.5. The Bertz CT molecular complexity index is 825. The second-order valence-electron chi connectivity index (χ2n) is 6.83. The average Bonchev–Trinajstić information content (AvgIpc) is 3.59. The maximum absolute atomic E-state index is 5.98. The van der Waals surface area contributed by atoms with E-state index in [1.54, 1.807) is 28.4 Å². The second-order valence-corrected chi connectivity index (χ2v) is 6.83. The van der Waals surface area contributed by atoms with Gasteiger partial charge in [0.25, 0.3) is 0 Å². The zero-order valence-corrected chi connectivity index (χ0v) is 17.5. The molecule has 1 saturated carbocycles. The van der Waals surface area contributed by atoms with E-state index >= 15 is 0 Å². The molecule has 1 fully saturated rings. The highest BCUT2D eigenvalue weighted by Crippen LogP contribution is 2.39. The fourth-order valence-corrected chi connectivity index (χ4v) is 2.93. The Labute approximate surface area is 172 Å². The Morgan fingerprint density at radius 3 is 2.28 bits per heavy atom. The van der Waals surface area contributed by atoms with Crippen LogP contribution in [0.15, 0.2) is 41.4 Å². The number of anilines is 1. The summed E-state index contributed by atoms with van der Waals surface area (Å²) in [5, 5.41) is 6.59. The van der Waals surface area contributed by atoms with Crippen molar-refractivity contribution in [3.63, 3.8) is 0 Å². The lowest BCUT2D eigenvalue weighted by molar-refractivity contribution is 0.296. The van der Waals surface area contributed by atoms with E-state index in [0.29, 0.717) is 35.7 Å². The molecule has 0 unspecified atom stereocenters. The summed E-state index contributed by atoms with van der Waals surface area (Å²) in [6.07, 6.45) is 2.54. The molecule has 0 aromatic heterocycles. The van der Waals surface area contributed by atoms with Crippen LogP contribution in [0.1, 0.15) is 18.4 Å². The summed E-state index contributed by atoms with van der Waals surface area (Å²) in [6, 6.07) is 11.7. The molecule has 0 radical (unpaired) electrons. The second kappa shape index (κ2) is 9.91. The largest absolute Gasteiger partial charge is 0.493 e. The number of ether oxygens (including phenoxy) is 4. The van der Waals surface area contributed by atoms with Crippen molar-refractivity contribution >= 4 is 11.6 Å². The number of aliphatic imine (C=N–C) groups is 1. The summed E-state index contributed by atoms with van der Waals surface area (Å²) < 4.78 is 22.2. The van der Waals surface area contributed by atoms with Crippen LogP contribution in [-0.2, 0) is 6.54 Å². The molecule has 1 aliphatic carbocycles. The Hall–Kier alpha value is -3.09. The maximum atomic E-state index is 5.98. The van der Waals surface area contributed by atoms with Crippen molar-refractivity contribution in [2.24, 2.45) is 10.9 Å². The van der Waals surface area contributed by atoms with Gasteiger partial charge in [-0.05, 0) is 24.8 Å². The summed E-state index contributed by atoms with van der Waals surface area (Å²) in [6.45, 7) is 1.38. The van der Waals surface area contributed by atoms with Gasteiger partial charge >= 0.3 is 0 Å². The first-order valence-corrected chi connectivity index (χ1v) is 9.66. The molecule has 2 N–H and O–H groups in total. The number of guanidine groups is 1. The van der Waals surface area contributed by atoms with Crippen LogP contribution < -0.4 is 29.6 Å². The molecule has 0 amide bonds. The van der Waals surface area contributed by atoms with Crippen LogP contribution in [0, 0.1) is 5.92 Å². The molecule has 2 aromatic carbocycles. The Kier molecular flexibility index (Phi) is 7.05. The number of nitrogens with zero attached hydrogens (tertiary/aromatic N) is 1. The summed E-state index contributed by atoms with van der Waals surface area (Å²) in [7, 11) is 6.49. The van der Waals surface area contributed by atoms with Crippen molar-refractivity contribution in [2.75, 3.05) is 40.3 Å². The highest BCUT2D eigenvalue weighted by Gasteiger charge is 2.22. The van der Waals surface area contributed by atoms with E-state index in [1.807, 2.05) is 30.3 Å². The molecule has 2 aromatic rings. The first kappa shape index (κ1) is 20.6.